The van der Waals surface area contributed by atoms with E-state index < -0.39 is 0 Å². The Morgan fingerprint density at radius 3 is 2.61 bits per heavy atom. The summed E-state index contributed by atoms with van der Waals surface area (Å²) in [7, 11) is 0. The van der Waals surface area contributed by atoms with Crippen molar-refractivity contribution in [3.8, 4) is 0 Å². The highest BCUT2D eigenvalue weighted by molar-refractivity contribution is 7.99. The van der Waals surface area contributed by atoms with E-state index in [0.717, 1.165) is 6.42 Å². The number of para-hydroxylation sites is 1. The summed E-state index contributed by atoms with van der Waals surface area (Å²) < 4.78 is 7.44. The number of hydrogen-bond acceptors (Lipinski definition) is 5. The fourth-order valence-electron chi connectivity index (χ4n) is 3.44. The Kier molecular flexibility index (Phi) is 6.78. The third-order valence-electron chi connectivity index (χ3n) is 4.85. The van der Waals surface area contributed by atoms with Gasteiger partial charge in [0.05, 0.1) is 28.9 Å². The molecule has 2 unspecified atom stereocenters. The average Bonchev–Trinajstić information content (AvgIpc) is 2.64. The second-order valence-electron chi connectivity index (χ2n) is 7.90. The van der Waals surface area contributed by atoms with E-state index in [-0.39, 0.29) is 29.4 Å². The van der Waals surface area contributed by atoms with Crippen LogP contribution in [0.5, 0.6) is 0 Å². The summed E-state index contributed by atoms with van der Waals surface area (Å²) in [4.78, 5) is 32.3. The molecule has 0 saturated carbocycles. The number of rotatable bonds is 6. The van der Waals surface area contributed by atoms with Crippen LogP contribution in [0.1, 0.15) is 34.1 Å². The molecule has 7 heteroatoms. The molecule has 1 saturated heterocycles. The van der Waals surface area contributed by atoms with E-state index in [1.807, 2.05) is 43.0 Å². The minimum absolute atomic E-state index is 0.0326. The second-order valence-corrected chi connectivity index (χ2v) is 8.84. The van der Waals surface area contributed by atoms with Crippen molar-refractivity contribution < 1.29 is 9.53 Å². The van der Waals surface area contributed by atoms with Gasteiger partial charge in [0.2, 0.25) is 5.91 Å². The molecule has 1 aromatic heterocycles. The molecule has 0 spiro atoms. The van der Waals surface area contributed by atoms with Crippen LogP contribution in [0.3, 0.4) is 0 Å². The Morgan fingerprint density at radius 1 is 1.25 bits per heavy atom. The van der Waals surface area contributed by atoms with Gasteiger partial charge >= 0.3 is 0 Å². The maximum absolute atomic E-state index is 13.0. The maximum atomic E-state index is 13.0. The molecule has 0 bridgehead atoms. The first-order valence-electron chi connectivity index (χ1n) is 9.90. The van der Waals surface area contributed by atoms with Gasteiger partial charge in [-0.1, -0.05) is 37.7 Å². The Morgan fingerprint density at radius 2 is 1.93 bits per heavy atom. The zero-order valence-electron chi connectivity index (χ0n) is 17.1. The highest BCUT2D eigenvalue weighted by Crippen LogP contribution is 2.20. The van der Waals surface area contributed by atoms with E-state index in [9.17, 15) is 9.59 Å². The predicted molar refractivity (Wildman–Crippen MR) is 113 cm³/mol. The van der Waals surface area contributed by atoms with Gasteiger partial charge in [-0.15, -0.1) is 0 Å². The van der Waals surface area contributed by atoms with Crippen LogP contribution in [0.25, 0.3) is 10.9 Å². The molecule has 0 aliphatic carbocycles. The van der Waals surface area contributed by atoms with Crippen LogP contribution in [0.15, 0.2) is 34.2 Å². The largest absolute Gasteiger partial charge is 0.372 e. The molecule has 28 heavy (non-hydrogen) atoms. The van der Waals surface area contributed by atoms with Gasteiger partial charge in [0, 0.05) is 19.6 Å². The highest BCUT2D eigenvalue weighted by atomic mass is 32.2. The monoisotopic (exact) mass is 403 g/mol. The van der Waals surface area contributed by atoms with Gasteiger partial charge in [-0.25, -0.2) is 4.98 Å². The first-order chi connectivity index (χ1) is 13.3. The number of fused-ring (bicyclic) bond motifs is 1. The van der Waals surface area contributed by atoms with Gasteiger partial charge in [-0.05, 0) is 38.3 Å². The Bertz CT molecular complexity index is 886. The predicted octanol–water partition coefficient (Wildman–Crippen LogP) is 3.17. The van der Waals surface area contributed by atoms with Crippen LogP contribution in [0.2, 0.25) is 0 Å². The second kappa shape index (κ2) is 9.09. The molecule has 2 heterocycles. The minimum atomic E-state index is -0.0326. The average molecular weight is 404 g/mol. The molecule has 2 atom stereocenters. The standard InChI is InChI=1S/C21H29N3O3S/c1-14(2)9-10-24-20(26)17-7-5-6-8-18(17)22-21(24)28-13-19(25)23-11-15(3)27-16(4)12-23/h5-8,14-16H,9-13H2,1-4H3. The molecule has 152 valence electrons. The Hall–Kier alpha value is -1.86. The van der Waals surface area contributed by atoms with Crippen LogP contribution in [-0.4, -0.2) is 51.4 Å². The lowest BCUT2D eigenvalue weighted by Gasteiger charge is -2.35. The zero-order chi connectivity index (χ0) is 20.3. The number of hydrogen-bond donors (Lipinski definition) is 0. The number of thioether (sulfide) groups is 1. The van der Waals surface area contributed by atoms with Crippen LogP contribution >= 0.6 is 11.8 Å². The van der Waals surface area contributed by atoms with Crippen molar-refractivity contribution in [2.45, 2.75) is 58.0 Å². The lowest BCUT2D eigenvalue weighted by molar-refractivity contribution is -0.140. The topological polar surface area (TPSA) is 64.4 Å². The quantitative estimate of drug-likeness (QED) is 0.548. The van der Waals surface area contributed by atoms with Crippen molar-refractivity contribution in [3.05, 3.63) is 34.6 Å². The summed E-state index contributed by atoms with van der Waals surface area (Å²) >= 11 is 1.35. The highest BCUT2D eigenvalue weighted by Gasteiger charge is 2.26. The Labute approximate surface area is 170 Å². The molecule has 1 amide bonds. The molecular weight excluding hydrogens is 374 g/mol. The van der Waals surface area contributed by atoms with Crippen molar-refractivity contribution >= 4 is 28.6 Å². The summed E-state index contributed by atoms with van der Waals surface area (Å²) in [5, 5.41) is 1.24. The van der Waals surface area contributed by atoms with Crippen LogP contribution in [-0.2, 0) is 16.1 Å². The lowest BCUT2D eigenvalue weighted by atomic mass is 10.1. The summed E-state index contributed by atoms with van der Waals surface area (Å²) in [6, 6.07) is 7.39. The van der Waals surface area contributed by atoms with Crippen molar-refractivity contribution in [2.75, 3.05) is 18.8 Å². The van der Waals surface area contributed by atoms with Gasteiger partial charge in [0.25, 0.3) is 5.56 Å². The van der Waals surface area contributed by atoms with Crippen molar-refractivity contribution in [1.29, 1.82) is 0 Å². The smallest absolute Gasteiger partial charge is 0.262 e. The van der Waals surface area contributed by atoms with Crippen molar-refractivity contribution in [2.24, 2.45) is 5.92 Å². The molecule has 6 nitrogen and oxygen atoms in total. The summed E-state index contributed by atoms with van der Waals surface area (Å²) in [5.74, 6) is 0.810. The fourth-order valence-corrected chi connectivity index (χ4v) is 4.37. The van der Waals surface area contributed by atoms with Gasteiger partial charge in [0.1, 0.15) is 0 Å². The van der Waals surface area contributed by atoms with Gasteiger partial charge in [0.15, 0.2) is 5.16 Å². The summed E-state index contributed by atoms with van der Waals surface area (Å²) in [6.07, 6.45) is 0.973. The summed E-state index contributed by atoms with van der Waals surface area (Å²) in [6.45, 7) is 10.1. The number of benzene rings is 1. The van der Waals surface area contributed by atoms with Crippen LogP contribution in [0, 0.1) is 5.92 Å². The summed E-state index contributed by atoms with van der Waals surface area (Å²) in [5.41, 5.74) is 0.645. The van der Waals surface area contributed by atoms with Gasteiger partial charge in [-0.3, -0.25) is 14.2 Å². The SMILES string of the molecule is CC(C)CCn1c(SCC(=O)N2CC(C)OC(C)C2)nc2ccccc2c1=O. The van der Waals surface area contributed by atoms with Crippen molar-refractivity contribution in [1.82, 2.24) is 14.5 Å². The molecular formula is C21H29N3O3S. The number of carbonyl (C=O) groups excluding carboxylic acids is 1. The molecule has 3 rings (SSSR count). The maximum Gasteiger partial charge on any atom is 0.262 e. The van der Waals surface area contributed by atoms with E-state index in [0.29, 0.717) is 41.6 Å². The third-order valence-corrected chi connectivity index (χ3v) is 5.81. The third kappa shape index (κ3) is 4.94. The molecule has 1 aromatic carbocycles. The zero-order valence-corrected chi connectivity index (χ0v) is 17.9. The van der Waals surface area contributed by atoms with E-state index in [4.69, 9.17) is 9.72 Å². The number of ether oxygens (including phenoxy) is 1. The first-order valence-corrected chi connectivity index (χ1v) is 10.9. The first kappa shape index (κ1) is 20.9. The number of aromatic nitrogens is 2. The number of morpholine rings is 1. The van der Waals surface area contributed by atoms with Gasteiger partial charge in [-0.2, -0.15) is 0 Å². The lowest BCUT2D eigenvalue weighted by Crippen LogP contribution is -2.48. The molecule has 2 aromatic rings. The number of amides is 1. The van der Waals surface area contributed by atoms with E-state index in [2.05, 4.69) is 13.8 Å². The van der Waals surface area contributed by atoms with Crippen LogP contribution in [0.4, 0.5) is 0 Å². The van der Waals surface area contributed by atoms with Crippen molar-refractivity contribution in [3.63, 3.8) is 0 Å². The number of carbonyl (C=O) groups is 1. The molecule has 1 fully saturated rings. The molecule has 0 N–H and O–H groups in total. The molecule has 1 aliphatic rings. The number of nitrogens with zero attached hydrogens (tertiary/aromatic N) is 3. The fraction of sp³-hybridized carbons (Fsp3) is 0.571. The molecule has 1 aliphatic heterocycles. The minimum Gasteiger partial charge on any atom is -0.372 e. The normalized spacial score (nSPS) is 20.1. The van der Waals surface area contributed by atoms with E-state index in [1.54, 1.807) is 4.57 Å². The molecule has 0 radical (unpaired) electrons. The van der Waals surface area contributed by atoms with Crippen LogP contribution < -0.4 is 5.56 Å². The van der Waals surface area contributed by atoms with E-state index >= 15 is 0 Å². The van der Waals surface area contributed by atoms with Gasteiger partial charge < -0.3 is 9.64 Å². The van der Waals surface area contributed by atoms with E-state index in [1.165, 1.54) is 11.8 Å². The Balaban J connectivity index is 1.81.